The number of alkyl halides is 1. The molecule has 0 aliphatic rings. The SMILES string of the molecule is COC(=O)CC(Br)C(=O)NCCNC(=O)[C@@H](N)CCN(C(=O)CO)[C@@H](c1cc(-c2cc(F)ccc2F)cn1Cc1ccccc1)C(C)(C)C. The summed E-state index contributed by atoms with van der Waals surface area (Å²) in [5.41, 5.74) is 7.60. The maximum absolute atomic E-state index is 15.0. The lowest BCUT2D eigenvalue weighted by molar-refractivity contribution is -0.141. The van der Waals surface area contributed by atoms with Gasteiger partial charge in [-0.2, -0.15) is 0 Å². The normalized spacial score (nSPS) is 13.2. The van der Waals surface area contributed by atoms with Gasteiger partial charge in [0.15, 0.2) is 0 Å². The first-order chi connectivity index (χ1) is 23.2. The van der Waals surface area contributed by atoms with Crippen LogP contribution < -0.4 is 16.4 Å². The molecule has 266 valence electrons. The molecule has 2 aromatic carbocycles. The van der Waals surface area contributed by atoms with Crippen molar-refractivity contribution in [1.29, 1.82) is 0 Å². The number of hydrogen-bond donors (Lipinski definition) is 4. The lowest BCUT2D eigenvalue weighted by atomic mass is 9.82. The first-order valence-electron chi connectivity index (χ1n) is 15.8. The van der Waals surface area contributed by atoms with E-state index in [-0.39, 0.29) is 38.0 Å². The number of aliphatic hydroxyl groups is 1. The summed E-state index contributed by atoms with van der Waals surface area (Å²) in [6.45, 7) is 5.44. The Morgan fingerprint density at radius 2 is 1.67 bits per heavy atom. The highest BCUT2D eigenvalue weighted by molar-refractivity contribution is 9.10. The maximum atomic E-state index is 15.0. The number of halogens is 3. The van der Waals surface area contributed by atoms with Crippen molar-refractivity contribution in [3.63, 3.8) is 0 Å². The van der Waals surface area contributed by atoms with E-state index in [0.29, 0.717) is 17.8 Å². The van der Waals surface area contributed by atoms with Gasteiger partial charge in [-0.05, 0) is 41.7 Å². The lowest BCUT2D eigenvalue weighted by Gasteiger charge is -2.41. The first kappa shape index (κ1) is 39.3. The molecule has 14 heteroatoms. The molecule has 0 spiro atoms. The summed E-state index contributed by atoms with van der Waals surface area (Å²) >= 11 is 3.12. The first-order valence-corrected chi connectivity index (χ1v) is 16.7. The second-order valence-electron chi connectivity index (χ2n) is 12.6. The number of esters is 1. The number of carbonyl (C=O) groups excluding carboxylic acids is 4. The summed E-state index contributed by atoms with van der Waals surface area (Å²) in [5.74, 6) is -3.32. The molecule has 3 amide bonds. The van der Waals surface area contributed by atoms with Crippen molar-refractivity contribution in [2.75, 3.05) is 33.4 Å². The highest BCUT2D eigenvalue weighted by atomic mass is 79.9. The fourth-order valence-corrected chi connectivity index (χ4v) is 5.87. The van der Waals surface area contributed by atoms with Crippen LogP contribution in [0.3, 0.4) is 0 Å². The molecule has 0 aliphatic carbocycles. The van der Waals surface area contributed by atoms with Crippen molar-refractivity contribution in [1.82, 2.24) is 20.1 Å². The molecular weight excluding hydrogens is 704 g/mol. The number of methoxy groups -OCH3 is 1. The van der Waals surface area contributed by atoms with Crippen LogP contribution in [0, 0.1) is 17.0 Å². The van der Waals surface area contributed by atoms with Crippen LogP contribution in [0.2, 0.25) is 0 Å². The summed E-state index contributed by atoms with van der Waals surface area (Å²) in [4.78, 5) is 50.4. The molecule has 0 radical (unpaired) electrons. The van der Waals surface area contributed by atoms with Gasteiger partial charge >= 0.3 is 5.97 Å². The van der Waals surface area contributed by atoms with Crippen molar-refractivity contribution in [3.05, 3.63) is 83.7 Å². The zero-order valence-electron chi connectivity index (χ0n) is 28.0. The molecule has 0 saturated carbocycles. The molecule has 49 heavy (non-hydrogen) atoms. The Bertz CT molecular complexity index is 1600. The molecular formula is C35H44BrF2N5O6. The second kappa shape index (κ2) is 18.0. The van der Waals surface area contributed by atoms with Crippen molar-refractivity contribution in [2.45, 2.75) is 57.1 Å². The van der Waals surface area contributed by atoms with Gasteiger partial charge in [-0.1, -0.05) is 67.0 Å². The van der Waals surface area contributed by atoms with E-state index in [9.17, 15) is 33.1 Å². The van der Waals surface area contributed by atoms with Gasteiger partial charge in [0, 0.05) is 49.2 Å². The number of aromatic nitrogens is 1. The summed E-state index contributed by atoms with van der Waals surface area (Å²) in [6.07, 6.45) is 1.59. The van der Waals surface area contributed by atoms with E-state index < -0.39 is 64.3 Å². The predicted molar refractivity (Wildman–Crippen MR) is 184 cm³/mol. The maximum Gasteiger partial charge on any atom is 0.307 e. The van der Waals surface area contributed by atoms with Crippen LogP contribution in [-0.4, -0.2) is 82.5 Å². The number of carbonyl (C=O) groups is 4. The molecule has 3 rings (SSSR count). The smallest absolute Gasteiger partial charge is 0.307 e. The van der Waals surface area contributed by atoms with Gasteiger partial charge in [0.1, 0.15) is 23.1 Å². The number of nitrogens with one attached hydrogen (secondary N) is 2. The van der Waals surface area contributed by atoms with Gasteiger partial charge in [-0.25, -0.2) is 8.78 Å². The van der Waals surface area contributed by atoms with Crippen LogP contribution >= 0.6 is 15.9 Å². The zero-order valence-corrected chi connectivity index (χ0v) is 29.6. The topological polar surface area (TPSA) is 156 Å². The molecule has 11 nitrogen and oxygen atoms in total. The summed E-state index contributed by atoms with van der Waals surface area (Å²) in [7, 11) is 1.22. The lowest BCUT2D eigenvalue weighted by Crippen LogP contribution is -2.48. The number of aliphatic hydroxyl groups excluding tert-OH is 1. The molecule has 0 bridgehead atoms. The highest BCUT2D eigenvalue weighted by Gasteiger charge is 2.37. The number of amides is 3. The molecule has 0 fully saturated rings. The number of rotatable bonds is 16. The average molecular weight is 749 g/mol. The molecule has 5 N–H and O–H groups in total. The van der Waals surface area contributed by atoms with E-state index in [1.807, 2.05) is 55.7 Å². The molecule has 0 saturated heterocycles. The number of ether oxygens (including phenoxy) is 1. The van der Waals surface area contributed by atoms with E-state index >= 15 is 0 Å². The van der Waals surface area contributed by atoms with Gasteiger partial charge in [0.25, 0.3) is 0 Å². The zero-order chi connectivity index (χ0) is 36.3. The van der Waals surface area contributed by atoms with E-state index in [1.54, 1.807) is 12.3 Å². The Morgan fingerprint density at radius 3 is 2.29 bits per heavy atom. The molecule has 0 aliphatic heterocycles. The number of hydrogen-bond acceptors (Lipinski definition) is 7. The van der Waals surface area contributed by atoms with Gasteiger partial charge in [0.05, 0.1) is 25.6 Å². The second-order valence-corrected chi connectivity index (χ2v) is 13.7. The third-order valence-electron chi connectivity index (χ3n) is 7.83. The molecule has 3 aromatic rings. The highest BCUT2D eigenvalue weighted by Crippen LogP contribution is 2.41. The van der Waals surface area contributed by atoms with Gasteiger partial charge in [-0.3, -0.25) is 19.2 Å². The van der Waals surface area contributed by atoms with Crippen molar-refractivity contribution in [3.8, 4) is 11.1 Å². The number of benzene rings is 2. The molecule has 1 heterocycles. The molecule has 1 unspecified atom stereocenters. The van der Waals surface area contributed by atoms with Crippen LogP contribution in [0.4, 0.5) is 8.78 Å². The Kier molecular flexibility index (Phi) is 14.5. The summed E-state index contributed by atoms with van der Waals surface area (Å²) in [6, 6.07) is 12.7. The standard InChI is InChI=1S/C35H44BrF2N5O6/c1-35(2,3)32(29-16-23(25-17-24(37)10-11-27(25)38)20-42(29)19-22-8-6-5-7-9-22)43(30(45)21-44)15-12-28(39)34(48)41-14-13-40-33(47)26(36)18-31(46)49-4/h5-11,16-17,20,26,28,32,44H,12-15,18-19,21,39H2,1-4H3,(H,40,47)(H,41,48)/t26?,28-,32-/m0/s1. The third-order valence-corrected chi connectivity index (χ3v) is 8.57. The van der Waals surface area contributed by atoms with E-state index in [4.69, 9.17) is 5.73 Å². The minimum Gasteiger partial charge on any atom is -0.469 e. The van der Waals surface area contributed by atoms with Crippen molar-refractivity contribution < 1.29 is 37.8 Å². The fourth-order valence-electron chi connectivity index (χ4n) is 5.45. The van der Waals surface area contributed by atoms with Crippen LogP contribution in [0.25, 0.3) is 11.1 Å². The molecule has 3 atom stereocenters. The summed E-state index contributed by atoms with van der Waals surface area (Å²) < 4.78 is 35.6. The molecule has 1 aromatic heterocycles. The Labute approximate surface area is 293 Å². The van der Waals surface area contributed by atoms with Crippen LogP contribution in [0.5, 0.6) is 0 Å². The Hall–Kier alpha value is -4.14. The third kappa shape index (κ3) is 11.2. The van der Waals surface area contributed by atoms with Crippen molar-refractivity contribution >= 4 is 39.6 Å². The quantitative estimate of drug-likeness (QED) is 0.0991. The van der Waals surface area contributed by atoms with Crippen LogP contribution in [-0.2, 0) is 30.5 Å². The fraction of sp³-hybridized carbons (Fsp3) is 0.429. The predicted octanol–water partition coefficient (Wildman–Crippen LogP) is 3.67. The minimum atomic E-state index is -1.04. The van der Waals surface area contributed by atoms with Gasteiger partial charge in [0.2, 0.25) is 17.7 Å². The Morgan fingerprint density at radius 1 is 1.02 bits per heavy atom. The average Bonchev–Trinajstić information content (AvgIpc) is 3.46. The number of nitrogens with zero attached hydrogens (tertiary/aromatic N) is 2. The number of nitrogens with two attached hydrogens (primary N) is 1. The van der Waals surface area contributed by atoms with Crippen LogP contribution in [0.15, 0.2) is 60.8 Å². The largest absolute Gasteiger partial charge is 0.469 e. The van der Waals surface area contributed by atoms with E-state index in [0.717, 1.165) is 23.8 Å². The van der Waals surface area contributed by atoms with E-state index in [1.165, 1.54) is 12.0 Å². The summed E-state index contributed by atoms with van der Waals surface area (Å²) in [5, 5.41) is 15.3. The van der Waals surface area contributed by atoms with Gasteiger partial charge in [-0.15, -0.1) is 0 Å². The minimum absolute atomic E-state index is 0.00831. The monoisotopic (exact) mass is 747 g/mol. The Balaban J connectivity index is 1.83. The van der Waals surface area contributed by atoms with Crippen LogP contribution in [0.1, 0.15) is 50.9 Å². The van der Waals surface area contributed by atoms with Gasteiger partial charge < -0.3 is 35.7 Å². The van der Waals surface area contributed by atoms with Crippen molar-refractivity contribution in [2.24, 2.45) is 11.1 Å². The van der Waals surface area contributed by atoms with E-state index in [2.05, 4.69) is 31.3 Å².